The van der Waals surface area contributed by atoms with Crippen LogP contribution in [0.4, 0.5) is 0 Å². The largest absolute Gasteiger partial charge is 0.389 e. The molecule has 0 radical (unpaired) electrons. The van der Waals surface area contributed by atoms with E-state index in [-0.39, 0.29) is 5.54 Å². The van der Waals surface area contributed by atoms with Gasteiger partial charge in [-0.1, -0.05) is 12.8 Å². The Morgan fingerprint density at radius 2 is 1.64 bits per heavy atom. The summed E-state index contributed by atoms with van der Waals surface area (Å²) in [5, 5.41) is 13.7. The zero-order valence-electron chi connectivity index (χ0n) is 10.1. The van der Waals surface area contributed by atoms with E-state index in [1.54, 1.807) is 0 Å². The fourth-order valence-electron chi connectivity index (χ4n) is 2.14. The van der Waals surface area contributed by atoms with E-state index in [0.29, 0.717) is 12.5 Å². The van der Waals surface area contributed by atoms with Crippen LogP contribution in [0.5, 0.6) is 0 Å². The normalized spacial score (nSPS) is 23.8. The van der Waals surface area contributed by atoms with Crippen molar-refractivity contribution >= 4 is 0 Å². The van der Waals surface area contributed by atoms with Gasteiger partial charge >= 0.3 is 0 Å². The van der Waals surface area contributed by atoms with Crippen LogP contribution in [-0.4, -0.2) is 22.8 Å². The Kier molecular flexibility index (Phi) is 3.59. The Morgan fingerprint density at radius 1 is 1.14 bits per heavy atom. The maximum absolute atomic E-state index is 10.3. The molecule has 1 aliphatic carbocycles. The minimum atomic E-state index is -0.524. The van der Waals surface area contributed by atoms with E-state index in [9.17, 15) is 5.11 Å². The van der Waals surface area contributed by atoms with Gasteiger partial charge in [-0.05, 0) is 46.5 Å². The number of hydrogen-bond acceptors (Lipinski definition) is 2. The van der Waals surface area contributed by atoms with Crippen molar-refractivity contribution in [1.82, 2.24) is 5.32 Å². The summed E-state index contributed by atoms with van der Waals surface area (Å²) in [6.07, 6.45) is 4.96. The van der Waals surface area contributed by atoms with E-state index in [4.69, 9.17) is 0 Å². The second kappa shape index (κ2) is 4.19. The third-order valence-corrected chi connectivity index (χ3v) is 3.21. The average molecular weight is 199 g/mol. The molecule has 1 aliphatic rings. The first-order chi connectivity index (χ1) is 6.31. The predicted molar refractivity (Wildman–Crippen MR) is 60.3 cm³/mol. The minimum Gasteiger partial charge on any atom is -0.389 e. The number of rotatable bonds is 3. The Bertz CT molecular complexity index is 175. The summed E-state index contributed by atoms with van der Waals surface area (Å²) in [5.41, 5.74) is -0.424. The molecule has 0 heterocycles. The summed E-state index contributed by atoms with van der Waals surface area (Å²) in [5.74, 6) is 0.498. The standard InChI is InChI=1S/C12H25NO/c1-11(2,3)13-9-12(4,14)10-7-5-6-8-10/h10,13-14H,5-9H2,1-4H3. The zero-order chi connectivity index (χ0) is 10.8. The van der Waals surface area contributed by atoms with Crippen LogP contribution in [0, 0.1) is 5.92 Å². The molecule has 0 aromatic heterocycles. The van der Waals surface area contributed by atoms with Crippen LogP contribution in [0.25, 0.3) is 0 Å². The Balaban J connectivity index is 2.40. The third kappa shape index (κ3) is 3.58. The lowest BCUT2D eigenvalue weighted by atomic mass is 9.87. The van der Waals surface area contributed by atoms with Crippen molar-refractivity contribution in [2.75, 3.05) is 6.54 Å². The molecular formula is C12H25NO. The van der Waals surface area contributed by atoms with Crippen LogP contribution in [0.2, 0.25) is 0 Å². The summed E-state index contributed by atoms with van der Waals surface area (Å²) in [7, 11) is 0. The summed E-state index contributed by atoms with van der Waals surface area (Å²) in [4.78, 5) is 0. The molecule has 0 spiro atoms. The van der Waals surface area contributed by atoms with Gasteiger partial charge in [-0.15, -0.1) is 0 Å². The van der Waals surface area contributed by atoms with Gasteiger partial charge in [0.2, 0.25) is 0 Å². The molecule has 0 bridgehead atoms. The number of β-amino-alcohol motifs (C(OH)–C–C–N with tert-alkyl or cyclic N) is 1. The summed E-state index contributed by atoms with van der Waals surface area (Å²) >= 11 is 0. The topological polar surface area (TPSA) is 32.3 Å². The molecule has 84 valence electrons. The highest BCUT2D eigenvalue weighted by Gasteiger charge is 2.34. The van der Waals surface area contributed by atoms with Gasteiger partial charge in [0.15, 0.2) is 0 Å². The molecule has 1 fully saturated rings. The molecule has 0 aliphatic heterocycles. The summed E-state index contributed by atoms with van der Waals surface area (Å²) in [6, 6.07) is 0. The van der Waals surface area contributed by atoms with Crippen LogP contribution in [0.15, 0.2) is 0 Å². The minimum absolute atomic E-state index is 0.0998. The van der Waals surface area contributed by atoms with Crippen molar-refractivity contribution in [3.63, 3.8) is 0 Å². The second-order valence-corrected chi connectivity index (χ2v) is 5.94. The van der Waals surface area contributed by atoms with Gasteiger partial charge in [0.25, 0.3) is 0 Å². The maximum atomic E-state index is 10.3. The number of hydrogen-bond donors (Lipinski definition) is 2. The van der Waals surface area contributed by atoms with Crippen molar-refractivity contribution in [3.05, 3.63) is 0 Å². The fraction of sp³-hybridized carbons (Fsp3) is 1.00. The van der Waals surface area contributed by atoms with Gasteiger partial charge in [0, 0.05) is 12.1 Å². The van der Waals surface area contributed by atoms with E-state index in [2.05, 4.69) is 26.1 Å². The molecule has 1 unspecified atom stereocenters. The molecule has 1 rings (SSSR count). The highest BCUT2D eigenvalue weighted by molar-refractivity contribution is 4.89. The summed E-state index contributed by atoms with van der Waals surface area (Å²) < 4.78 is 0. The zero-order valence-corrected chi connectivity index (χ0v) is 10.1. The van der Waals surface area contributed by atoms with Gasteiger partial charge in [-0.2, -0.15) is 0 Å². The van der Waals surface area contributed by atoms with Crippen molar-refractivity contribution < 1.29 is 5.11 Å². The molecule has 2 nitrogen and oxygen atoms in total. The molecule has 0 saturated heterocycles. The Morgan fingerprint density at radius 3 is 2.07 bits per heavy atom. The first-order valence-electron chi connectivity index (χ1n) is 5.79. The van der Waals surface area contributed by atoms with Gasteiger partial charge in [0.1, 0.15) is 0 Å². The monoisotopic (exact) mass is 199 g/mol. The van der Waals surface area contributed by atoms with Crippen LogP contribution in [0.3, 0.4) is 0 Å². The highest BCUT2D eigenvalue weighted by Crippen LogP contribution is 2.33. The maximum Gasteiger partial charge on any atom is 0.0771 e. The third-order valence-electron chi connectivity index (χ3n) is 3.21. The van der Waals surface area contributed by atoms with Crippen LogP contribution in [0.1, 0.15) is 53.4 Å². The van der Waals surface area contributed by atoms with Crippen molar-refractivity contribution in [2.45, 2.75) is 64.5 Å². The van der Waals surface area contributed by atoms with E-state index in [1.807, 2.05) is 6.92 Å². The Hall–Kier alpha value is -0.0800. The van der Waals surface area contributed by atoms with Crippen LogP contribution in [-0.2, 0) is 0 Å². The van der Waals surface area contributed by atoms with Gasteiger partial charge in [-0.3, -0.25) is 0 Å². The van der Waals surface area contributed by atoms with Crippen molar-refractivity contribution in [3.8, 4) is 0 Å². The van der Waals surface area contributed by atoms with E-state index < -0.39 is 5.60 Å². The quantitative estimate of drug-likeness (QED) is 0.731. The van der Waals surface area contributed by atoms with Crippen LogP contribution < -0.4 is 5.32 Å². The molecule has 0 aromatic carbocycles. The fourth-order valence-corrected chi connectivity index (χ4v) is 2.14. The van der Waals surface area contributed by atoms with Crippen LogP contribution >= 0.6 is 0 Å². The molecule has 2 N–H and O–H groups in total. The smallest absolute Gasteiger partial charge is 0.0771 e. The van der Waals surface area contributed by atoms with E-state index in [0.717, 1.165) is 0 Å². The number of nitrogens with one attached hydrogen (secondary N) is 1. The summed E-state index contributed by atoms with van der Waals surface area (Å²) in [6.45, 7) is 9.09. The van der Waals surface area contributed by atoms with Crippen molar-refractivity contribution in [2.24, 2.45) is 5.92 Å². The molecule has 2 heteroatoms. The van der Waals surface area contributed by atoms with Crippen molar-refractivity contribution in [1.29, 1.82) is 0 Å². The first-order valence-corrected chi connectivity index (χ1v) is 5.79. The molecule has 1 saturated carbocycles. The van der Waals surface area contributed by atoms with E-state index >= 15 is 0 Å². The molecule has 1 atom stereocenters. The molecular weight excluding hydrogens is 174 g/mol. The average Bonchev–Trinajstić information content (AvgIpc) is 2.52. The lowest BCUT2D eigenvalue weighted by molar-refractivity contribution is -0.00238. The molecule has 0 aromatic rings. The first kappa shape index (κ1) is 12.0. The Labute approximate surface area is 88.1 Å². The number of aliphatic hydroxyl groups is 1. The van der Waals surface area contributed by atoms with Gasteiger partial charge < -0.3 is 10.4 Å². The van der Waals surface area contributed by atoms with Gasteiger partial charge in [0.05, 0.1) is 5.60 Å². The predicted octanol–water partition coefficient (Wildman–Crippen LogP) is 2.32. The molecule has 14 heavy (non-hydrogen) atoms. The lowest BCUT2D eigenvalue weighted by Gasteiger charge is -2.33. The molecule has 0 amide bonds. The SMILES string of the molecule is CC(C)(C)NCC(C)(O)C1CCCC1. The highest BCUT2D eigenvalue weighted by atomic mass is 16.3. The lowest BCUT2D eigenvalue weighted by Crippen LogP contribution is -2.49. The van der Waals surface area contributed by atoms with E-state index in [1.165, 1.54) is 25.7 Å². The van der Waals surface area contributed by atoms with Gasteiger partial charge in [-0.25, -0.2) is 0 Å². The second-order valence-electron chi connectivity index (χ2n) is 5.94.